The number of carbonyl (C=O) groups is 2. The standard InChI is InChI=1S/C17H23NO4/c1-3-21-16-10-13(11-19)8-9-15(16)22-12(2)17(20)18-14-6-4-5-7-14/h8-12,14H,3-7H2,1-2H3,(H,18,20)/t12-/m0/s1. The Labute approximate surface area is 131 Å². The van der Waals surface area contributed by atoms with Crippen LogP contribution < -0.4 is 14.8 Å². The van der Waals surface area contributed by atoms with E-state index in [0.717, 1.165) is 19.1 Å². The van der Waals surface area contributed by atoms with Crippen molar-refractivity contribution < 1.29 is 19.1 Å². The molecular weight excluding hydrogens is 282 g/mol. The minimum absolute atomic E-state index is 0.117. The molecule has 0 spiro atoms. The largest absolute Gasteiger partial charge is 0.490 e. The highest BCUT2D eigenvalue weighted by atomic mass is 16.5. The van der Waals surface area contributed by atoms with Gasteiger partial charge >= 0.3 is 0 Å². The lowest BCUT2D eigenvalue weighted by Crippen LogP contribution is -2.41. The van der Waals surface area contributed by atoms with Crippen molar-refractivity contribution in [2.24, 2.45) is 0 Å². The van der Waals surface area contributed by atoms with Crippen molar-refractivity contribution in [2.75, 3.05) is 6.61 Å². The fourth-order valence-electron chi connectivity index (χ4n) is 2.60. The fraction of sp³-hybridized carbons (Fsp3) is 0.529. The van der Waals surface area contributed by atoms with E-state index < -0.39 is 6.10 Å². The highest BCUT2D eigenvalue weighted by molar-refractivity contribution is 5.81. The van der Waals surface area contributed by atoms with Crippen molar-refractivity contribution in [3.8, 4) is 11.5 Å². The molecule has 1 fully saturated rings. The molecule has 0 heterocycles. The number of ether oxygens (including phenoxy) is 2. The van der Waals surface area contributed by atoms with Crippen LogP contribution in [0.4, 0.5) is 0 Å². The summed E-state index contributed by atoms with van der Waals surface area (Å²) in [6, 6.07) is 5.19. The van der Waals surface area contributed by atoms with Gasteiger partial charge in [-0.1, -0.05) is 12.8 Å². The Kier molecular flexibility index (Phi) is 5.81. The summed E-state index contributed by atoms with van der Waals surface area (Å²) in [6.07, 6.45) is 4.56. The van der Waals surface area contributed by atoms with Crippen molar-refractivity contribution in [2.45, 2.75) is 51.7 Å². The molecule has 0 aliphatic heterocycles. The van der Waals surface area contributed by atoms with Gasteiger partial charge in [0.1, 0.15) is 6.29 Å². The van der Waals surface area contributed by atoms with Crippen LogP contribution in [0.15, 0.2) is 18.2 Å². The summed E-state index contributed by atoms with van der Waals surface area (Å²) in [7, 11) is 0. The third-order valence-corrected chi connectivity index (χ3v) is 3.78. The average Bonchev–Trinajstić information content (AvgIpc) is 3.02. The Morgan fingerprint density at radius 3 is 2.73 bits per heavy atom. The molecule has 1 atom stereocenters. The van der Waals surface area contributed by atoms with Gasteiger partial charge in [0.05, 0.1) is 6.61 Å². The lowest BCUT2D eigenvalue weighted by molar-refractivity contribution is -0.128. The Morgan fingerprint density at radius 2 is 2.09 bits per heavy atom. The zero-order chi connectivity index (χ0) is 15.9. The third kappa shape index (κ3) is 4.23. The smallest absolute Gasteiger partial charge is 0.260 e. The molecule has 5 heteroatoms. The van der Waals surface area contributed by atoms with Gasteiger partial charge in [-0.05, 0) is 44.9 Å². The molecule has 1 aromatic rings. The molecule has 0 unspecified atom stereocenters. The van der Waals surface area contributed by atoms with Crippen LogP contribution >= 0.6 is 0 Å². The maximum atomic E-state index is 12.2. The zero-order valence-corrected chi connectivity index (χ0v) is 13.1. The van der Waals surface area contributed by atoms with Crippen LogP contribution in [0.2, 0.25) is 0 Å². The number of nitrogens with one attached hydrogen (secondary N) is 1. The van der Waals surface area contributed by atoms with Gasteiger partial charge in [-0.25, -0.2) is 0 Å². The van der Waals surface area contributed by atoms with Crippen LogP contribution in [0.3, 0.4) is 0 Å². The SMILES string of the molecule is CCOc1cc(C=O)ccc1O[C@@H](C)C(=O)NC1CCCC1. The van der Waals surface area contributed by atoms with E-state index in [-0.39, 0.29) is 11.9 Å². The second-order valence-electron chi connectivity index (χ2n) is 5.51. The molecule has 1 saturated carbocycles. The quantitative estimate of drug-likeness (QED) is 0.787. The van der Waals surface area contributed by atoms with E-state index in [9.17, 15) is 9.59 Å². The maximum Gasteiger partial charge on any atom is 0.260 e. The number of benzene rings is 1. The van der Waals surface area contributed by atoms with Crippen LogP contribution in [0.25, 0.3) is 0 Å². The van der Waals surface area contributed by atoms with Gasteiger partial charge in [0.25, 0.3) is 5.91 Å². The Morgan fingerprint density at radius 1 is 1.36 bits per heavy atom. The Hall–Kier alpha value is -2.04. The predicted molar refractivity (Wildman–Crippen MR) is 83.5 cm³/mol. The molecule has 0 bridgehead atoms. The summed E-state index contributed by atoms with van der Waals surface area (Å²) in [5.41, 5.74) is 0.513. The predicted octanol–water partition coefficient (Wildman–Crippen LogP) is 2.72. The molecular formula is C17H23NO4. The van der Waals surface area contributed by atoms with Gasteiger partial charge in [-0.3, -0.25) is 9.59 Å². The van der Waals surface area contributed by atoms with Crippen molar-refractivity contribution in [3.63, 3.8) is 0 Å². The minimum Gasteiger partial charge on any atom is -0.490 e. The molecule has 2 rings (SSSR count). The van der Waals surface area contributed by atoms with Crippen molar-refractivity contribution in [3.05, 3.63) is 23.8 Å². The highest BCUT2D eigenvalue weighted by Gasteiger charge is 2.22. The van der Waals surface area contributed by atoms with Gasteiger partial charge in [-0.2, -0.15) is 0 Å². The van der Waals surface area contributed by atoms with Gasteiger partial charge < -0.3 is 14.8 Å². The van der Waals surface area contributed by atoms with Crippen LogP contribution in [0, 0.1) is 0 Å². The van der Waals surface area contributed by atoms with Gasteiger partial charge in [0.15, 0.2) is 17.6 Å². The summed E-state index contributed by atoms with van der Waals surface area (Å²) in [5.74, 6) is 0.836. The molecule has 0 saturated heterocycles. The van der Waals surface area contributed by atoms with Crippen LogP contribution in [0.1, 0.15) is 49.9 Å². The third-order valence-electron chi connectivity index (χ3n) is 3.78. The summed E-state index contributed by atoms with van der Waals surface area (Å²) < 4.78 is 11.2. The molecule has 1 aromatic carbocycles. The average molecular weight is 305 g/mol. The monoisotopic (exact) mass is 305 g/mol. The summed E-state index contributed by atoms with van der Waals surface area (Å²) in [5, 5.41) is 3.01. The van der Waals surface area contributed by atoms with E-state index in [4.69, 9.17) is 9.47 Å². The molecule has 0 aromatic heterocycles. The normalized spacial score (nSPS) is 16.1. The number of amides is 1. The first kappa shape index (κ1) is 16.3. The van der Waals surface area contributed by atoms with Gasteiger partial charge in [0.2, 0.25) is 0 Å². The van der Waals surface area contributed by atoms with E-state index in [1.807, 2.05) is 6.92 Å². The van der Waals surface area contributed by atoms with E-state index in [2.05, 4.69) is 5.32 Å². The minimum atomic E-state index is -0.609. The number of rotatable bonds is 7. The number of hydrogen-bond acceptors (Lipinski definition) is 4. The van der Waals surface area contributed by atoms with Crippen LogP contribution in [-0.2, 0) is 4.79 Å². The lowest BCUT2D eigenvalue weighted by atomic mass is 10.2. The topological polar surface area (TPSA) is 64.6 Å². The first-order chi connectivity index (χ1) is 10.6. The van der Waals surface area contributed by atoms with Crippen LogP contribution in [0.5, 0.6) is 11.5 Å². The van der Waals surface area contributed by atoms with Crippen molar-refractivity contribution in [1.82, 2.24) is 5.32 Å². The number of aldehydes is 1. The molecule has 120 valence electrons. The molecule has 1 N–H and O–H groups in total. The lowest BCUT2D eigenvalue weighted by Gasteiger charge is -2.19. The molecule has 5 nitrogen and oxygen atoms in total. The Balaban J connectivity index is 2.01. The Bertz CT molecular complexity index is 523. The zero-order valence-electron chi connectivity index (χ0n) is 13.1. The first-order valence-electron chi connectivity index (χ1n) is 7.83. The molecule has 0 radical (unpaired) electrons. The molecule has 1 aliphatic carbocycles. The van der Waals surface area contributed by atoms with E-state index in [1.54, 1.807) is 25.1 Å². The van der Waals surface area contributed by atoms with Crippen molar-refractivity contribution >= 4 is 12.2 Å². The van der Waals surface area contributed by atoms with E-state index >= 15 is 0 Å². The summed E-state index contributed by atoms with van der Waals surface area (Å²) >= 11 is 0. The second-order valence-corrected chi connectivity index (χ2v) is 5.51. The van der Waals surface area contributed by atoms with Gasteiger partial charge in [0, 0.05) is 11.6 Å². The second kappa shape index (κ2) is 7.82. The highest BCUT2D eigenvalue weighted by Crippen LogP contribution is 2.29. The fourth-order valence-corrected chi connectivity index (χ4v) is 2.60. The van der Waals surface area contributed by atoms with E-state index in [0.29, 0.717) is 23.7 Å². The van der Waals surface area contributed by atoms with Crippen molar-refractivity contribution in [1.29, 1.82) is 0 Å². The maximum absolute atomic E-state index is 12.2. The number of hydrogen-bond donors (Lipinski definition) is 1. The molecule has 22 heavy (non-hydrogen) atoms. The molecule has 1 amide bonds. The van der Waals surface area contributed by atoms with Gasteiger partial charge in [-0.15, -0.1) is 0 Å². The molecule has 1 aliphatic rings. The van der Waals surface area contributed by atoms with E-state index in [1.165, 1.54) is 12.8 Å². The summed E-state index contributed by atoms with van der Waals surface area (Å²) in [6.45, 7) is 4.03. The summed E-state index contributed by atoms with van der Waals surface area (Å²) in [4.78, 5) is 23.0. The number of carbonyl (C=O) groups excluding carboxylic acids is 2. The van der Waals surface area contributed by atoms with Crippen LogP contribution in [-0.4, -0.2) is 30.9 Å². The first-order valence-corrected chi connectivity index (χ1v) is 7.83.